The number of hydrogen-bond acceptors (Lipinski definition) is 3. The van der Waals surface area contributed by atoms with E-state index >= 15 is 0 Å². The topological polar surface area (TPSA) is 45.9 Å². The van der Waals surface area contributed by atoms with E-state index in [-0.39, 0.29) is 29.3 Å². The van der Waals surface area contributed by atoms with Gasteiger partial charge in [0.25, 0.3) is 6.43 Å². The number of rotatable bonds is 4. The second-order valence-electron chi connectivity index (χ2n) is 2.94. The summed E-state index contributed by atoms with van der Waals surface area (Å²) in [4.78, 5) is 3.91. The molecular formula is C10H9ClF2N2O. The molecule has 0 saturated carbocycles. The molecule has 0 aliphatic rings. The van der Waals surface area contributed by atoms with E-state index in [1.807, 2.05) is 6.07 Å². The molecule has 1 aromatic heterocycles. The largest absolute Gasteiger partial charge is 0.495 e. The number of methoxy groups -OCH3 is 1. The maximum atomic E-state index is 12.6. The van der Waals surface area contributed by atoms with Gasteiger partial charge in [0.2, 0.25) is 0 Å². The molecule has 0 bridgehead atoms. The predicted molar refractivity (Wildman–Crippen MR) is 54.6 cm³/mol. The zero-order chi connectivity index (χ0) is 12.1. The first-order chi connectivity index (χ1) is 7.63. The number of pyridine rings is 1. The predicted octanol–water partition coefficient (Wildman–Crippen LogP) is 2.83. The Bertz CT molecular complexity index is 418. The summed E-state index contributed by atoms with van der Waals surface area (Å²) in [7, 11) is 1.34. The van der Waals surface area contributed by atoms with Crippen LogP contribution in [0.15, 0.2) is 6.07 Å². The molecule has 6 heteroatoms. The van der Waals surface area contributed by atoms with Crippen LogP contribution in [0.25, 0.3) is 0 Å². The lowest BCUT2D eigenvalue weighted by atomic mass is 10.1. The van der Waals surface area contributed by atoms with Gasteiger partial charge < -0.3 is 4.74 Å². The lowest BCUT2D eigenvalue weighted by Crippen LogP contribution is -2.03. The lowest BCUT2D eigenvalue weighted by Gasteiger charge is -2.11. The highest BCUT2D eigenvalue weighted by Crippen LogP contribution is 2.29. The van der Waals surface area contributed by atoms with Gasteiger partial charge in [0.15, 0.2) is 0 Å². The fourth-order valence-electron chi connectivity index (χ4n) is 1.26. The van der Waals surface area contributed by atoms with Gasteiger partial charge in [-0.3, -0.25) is 4.98 Å². The molecule has 1 rings (SSSR count). The van der Waals surface area contributed by atoms with Crippen LogP contribution in [0.3, 0.4) is 0 Å². The van der Waals surface area contributed by atoms with Gasteiger partial charge in [-0.05, 0) is 6.07 Å². The molecule has 16 heavy (non-hydrogen) atoms. The van der Waals surface area contributed by atoms with E-state index in [1.54, 1.807) is 0 Å². The Morgan fingerprint density at radius 2 is 2.25 bits per heavy atom. The summed E-state index contributed by atoms with van der Waals surface area (Å²) in [5.74, 6) is 0.0629. The summed E-state index contributed by atoms with van der Waals surface area (Å²) < 4.78 is 30.2. The van der Waals surface area contributed by atoms with Crippen LogP contribution < -0.4 is 4.74 Å². The average molecular weight is 247 g/mol. The highest BCUT2D eigenvalue weighted by atomic mass is 35.5. The van der Waals surface area contributed by atoms with E-state index < -0.39 is 6.43 Å². The van der Waals surface area contributed by atoms with Gasteiger partial charge in [-0.1, -0.05) is 0 Å². The molecule has 0 aromatic carbocycles. The van der Waals surface area contributed by atoms with Gasteiger partial charge in [0.1, 0.15) is 5.75 Å². The Labute approximate surface area is 96.6 Å². The third-order valence-electron chi connectivity index (χ3n) is 2.00. The summed E-state index contributed by atoms with van der Waals surface area (Å²) in [5.41, 5.74) is 0.154. The molecule has 0 saturated heterocycles. The van der Waals surface area contributed by atoms with Crippen molar-refractivity contribution in [1.82, 2.24) is 4.98 Å². The third kappa shape index (κ3) is 2.58. The van der Waals surface area contributed by atoms with Crippen LogP contribution >= 0.6 is 11.6 Å². The van der Waals surface area contributed by atoms with Gasteiger partial charge in [0.05, 0.1) is 36.9 Å². The molecule has 1 aromatic rings. The van der Waals surface area contributed by atoms with Crippen LogP contribution in [0, 0.1) is 11.3 Å². The maximum absolute atomic E-state index is 12.6. The van der Waals surface area contributed by atoms with Crippen molar-refractivity contribution in [2.45, 2.75) is 18.7 Å². The normalized spacial score (nSPS) is 10.2. The zero-order valence-electron chi connectivity index (χ0n) is 8.51. The summed E-state index contributed by atoms with van der Waals surface area (Å²) in [5, 5.41) is 8.56. The second-order valence-corrected chi connectivity index (χ2v) is 3.21. The van der Waals surface area contributed by atoms with Gasteiger partial charge >= 0.3 is 0 Å². The minimum Gasteiger partial charge on any atom is -0.495 e. The number of ether oxygens (including phenoxy) is 1. The fraction of sp³-hybridized carbons (Fsp3) is 0.400. The molecule has 0 atom stereocenters. The second kappa shape index (κ2) is 5.61. The van der Waals surface area contributed by atoms with E-state index in [9.17, 15) is 8.78 Å². The van der Waals surface area contributed by atoms with Crippen LogP contribution in [0.2, 0.25) is 0 Å². The van der Waals surface area contributed by atoms with Crippen LogP contribution in [-0.4, -0.2) is 12.1 Å². The number of halogens is 3. The molecule has 86 valence electrons. The Morgan fingerprint density at radius 3 is 2.69 bits per heavy atom. The van der Waals surface area contributed by atoms with Gasteiger partial charge in [-0.15, -0.1) is 11.6 Å². The van der Waals surface area contributed by atoms with Crippen molar-refractivity contribution in [2.75, 3.05) is 7.11 Å². The van der Waals surface area contributed by atoms with Crippen molar-refractivity contribution in [1.29, 1.82) is 5.26 Å². The molecule has 0 unspecified atom stereocenters. The first-order valence-electron chi connectivity index (χ1n) is 4.41. The van der Waals surface area contributed by atoms with Crippen molar-refractivity contribution < 1.29 is 13.5 Å². The molecule has 0 radical (unpaired) electrons. The van der Waals surface area contributed by atoms with E-state index in [1.165, 1.54) is 13.2 Å². The SMILES string of the molecule is COc1cc(C(F)F)c(CCl)nc1CC#N. The number of hydrogen-bond donors (Lipinski definition) is 0. The van der Waals surface area contributed by atoms with E-state index in [0.717, 1.165) is 0 Å². The van der Waals surface area contributed by atoms with Crippen LogP contribution in [0.5, 0.6) is 5.75 Å². The molecule has 3 nitrogen and oxygen atoms in total. The van der Waals surface area contributed by atoms with Gasteiger partial charge in [0, 0.05) is 5.56 Å². The first kappa shape index (κ1) is 12.7. The van der Waals surface area contributed by atoms with Crippen molar-refractivity contribution in [3.8, 4) is 11.8 Å². The monoisotopic (exact) mass is 246 g/mol. The Kier molecular flexibility index (Phi) is 4.44. The van der Waals surface area contributed by atoms with Gasteiger partial charge in [-0.25, -0.2) is 8.78 Å². The van der Waals surface area contributed by atoms with Crippen LogP contribution in [-0.2, 0) is 12.3 Å². The molecule has 0 spiro atoms. The highest BCUT2D eigenvalue weighted by molar-refractivity contribution is 6.17. The van der Waals surface area contributed by atoms with E-state index in [4.69, 9.17) is 21.6 Å². The van der Waals surface area contributed by atoms with Crippen LogP contribution in [0.1, 0.15) is 23.4 Å². The number of nitrogens with zero attached hydrogens (tertiary/aromatic N) is 2. The lowest BCUT2D eigenvalue weighted by molar-refractivity contribution is 0.149. The van der Waals surface area contributed by atoms with Crippen molar-refractivity contribution in [3.05, 3.63) is 23.0 Å². The number of aromatic nitrogens is 1. The zero-order valence-corrected chi connectivity index (χ0v) is 9.26. The Balaban J connectivity index is 3.29. The molecule has 0 amide bonds. The minimum absolute atomic E-state index is 0.00339. The molecule has 0 N–H and O–H groups in total. The molecule has 1 heterocycles. The number of alkyl halides is 3. The number of nitriles is 1. The van der Waals surface area contributed by atoms with E-state index in [2.05, 4.69) is 4.98 Å². The smallest absolute Gasteiger partial charge is 0.265 e. The molecule has 0 aliphatic carbocycles. The Morgan fingerprint density at radius 1 is 1.56 bits per heavy atom. The molecule has 0 fully saturated rings. The third-order valence-corrected chi connectivity index (χ3v) is 2.26. The average Bonchev–Trinajstić information content (AvgIpc) is 2.28. The summed E-state index contributed by atoms with van der Waals surface area (Å²) in [6.45, 7) is 0. The summed E-state index contributed by atoms with van der Waals surface area (Å²) in [6, 6.07) is 3.07. The molecular weight excluding hydrogens is 238 g/mol. The van der Waals surface area contributed by atoms with Gasteiger partial charge in [-0.2, -0.15) is 5.26 Å². The summed E-state index contributed by atoms with van der Waals surface area (Å²) in [6.07, 6.45) is -2.66. The maximum Gasteiger partial charge on any atom is 0.265 e. The quantitative estimate of drug-likeness (QED) is 0.768. The van der Waals surface area contributed by atoms with Crippen molar-refractivity contribution in [3.63, 3.8) is 0 Å². The Hall–Kier alpha value is -1.41. The van der Waals surface area contributed by atoms with Crippen LogP contribution in [0.4, 0.5) is 8.78 Å². The minimum atomic E-state index is -2.66. The van der Waals surface area contributed by atoms with E-state index in [0.29, 0.717) is 5.69 Å². The first-order valence-corrected chi connectivity index (χ1v) is 4.95. The van der Waals surface area contributed by atoms with Crippen molar-refractivity contribution >= 4 is 11.6 Å². The highest BCUT2D eigenvalue weighted by Gasteiger charge is 2.18. The fourth-order valence-corrected chi connectivity index (χ4v) is 1.48. The van der Waals surface area contributed by atoms with Crippen molar-refractivity contribution in [2.24, 2.45) is 0 Å². The standard InChI is InChI=1S/C10H9ClF2N2O/c1-16-9-4-6(10(12)13)8(5-11)15-7(9)2-3-14/h4,10H,2,5H2,1H3. The summed E-state index contributed by atoms with van der Waals surface area (Å²) >= 11 is 5.52. The molecule has 0 aliphatic heterocycles.